The van der Waals surface area contributed by atoms with Gasteiger partial charge in [-0.1, -0.05) is 30.3 Å². The Kier molecular flexibility index (Phi) is 9.07. The van der Waals surface area contributed by atoms with E-state index >= 15 is 0 Å². The molecule has 3 rings (SSSR count). The Morgan fingerprint density at radius 3 is 2.71 bits per heavy atom. The lowest BCUT2D eigenvalue weighted by atomic mass is 10.1. The van der Waals surface area contributed by atoms with E-state index in [4.69, 9.17) is 14.5 Å². The van der Waals surface area contributed by atoms with Crippen LogP contribution in [0.1, 0.15) is 37.8 Å². The van der Waals surface area contributed by atoms with Crippen molar-refractivity contribution in [1.29, 1.82) is 0 Å². The van der Waals surface area contributed by atoms with Crippen LogP contribution in [0.25, 0.3) is 0 Å². The van der Waals surface area contributed by atoms with Crippen molar-refractivity contribution in [2.45, 2.75) is 32.2 Å². The normalized spacial score (nSPS) is 19.4. The van der Waals surface area contributed by atoms with Crippen LogP contribution in [0.5, 0.6) is 0 Å². The molecule has 2 fully saturated rings. The Hall–Kier alpha value is -1.63. The zero-order valence-electron chi connectivity index (χ0n) is 17.2. The zero-order valence-corrected chi connectivity index (χ0v) is 17.2. The van der Waals surface area contributed by atoms with Crippen LogP contribution >= 0.6 is 0 Å². The largest absolute Gasteiger partial charge is 0.381 e. The lowest BCUT2D eigenvalue weighted by molar-refractivity contribution is 0.0179. The minimum atomic E-state index is 0.280. The first-order valence-electron chi connectivity index (χ1n) is 10.8. The van der Waals surface area contributed by atoms with Gasteiger partial charge in [0.15, 0.2) is 5.96 Å². The Labute approximate surface area is 169 Å². The molecule has 1 aromatic carbocycles. The summed E-state index contributed by atoms with van der Waals surface area (Å²) in [5, 5.41) is 6.82. The predicted molar refractivity (Wildman–Crippen MR) is 114 cm³/mol. The first-order chi connectivity index (χ1) is 13.9. The molecule has 1 saturated heterocycles. The molecule has 6 nitrogen and oxygen atoms in total. The Bertz CT molecular complexity index is 571. The van der Waals surface area contributed by atoms with E-state index in [0.29, 0.717) is 0 Å². The van der Waals surface area contributed by atoms with E-state index < -0.39 is 0 Å². The molecule has 0 radical (unpaired) electrons. The molecular formula is C22H36N4O2. The summed E-state index contributed by atoms with van der Waals surface area (Å²) in [6, 6.07) is 11.0. The molecular weight excluding hydrogens is 352 g/mol. The number of nitrogens with one attached hydrogen (secondary N) is 2. The van der Waals surface area contributed by atoms with E-state index in [9.17, 15) is 0 Å². The van der Waals surface area contributed by atoms with Gasteiger partial charge >= 0.3 is 0 Å². The molecule has 6 heteroatoms. The van der Waals surface area contributed by atoms with E-state index in [1.165, 1.54) is 18.4 Å². The minimum Gasteiger partial charge on any atom is -0.381 e. The highest BCUT2D eigenvalue weighted by Gasteiger charge is 2.22. The lowest BCUT2D eigenvalue weighted by Gasteiger charge is -2.34. The molecule has 156 valence electrons. The number of rotatable bonds is 11. The summed E-state index contributed by atoms with van der Waals surface area (Å²) in [4.78, 5) is 7.38. The fraction of sp³-hybridized carbons (Fsp3) is 0.682. The van der Waals surface area contributed by atoms with Crippen molar-refractivity contribution < 1.29 is 9.47 Å². The lowest BCUT2D eigenvalue weighted by Crippen LogP contribution is -2.42. The molecule has 28 heavy (non-hydrogen) atoms. The average Bonchev–Trinajstić information content (AvgIpc) is 3.56. The highest BCUT2D eigenvalue weighted by molar-refractivity contribution is 5.79. The monoisotopic (exact) mass is 388 g/mol. The number of ether oxygens (including phenoxy) is 2. The van der Waals surface area contributed by atoms with Gasteiger partial charge in [-0.25, -0.2) is 0 Å². The molecule has 2 N–H and O–H groups in total. The van der Waals surface area contributed by atoms with Crippen LogP contribution < -0.4 is 10.6 Å². The minimum absolute atomic E-state index is 0.280. The Morgan fingerprint density at radius 1 is 1.21 bits per heavy atom. The third kappa shape index (κ3) is 7.41. The second-order valence-electron chi connectivity index (χ2n) is 7.59. The third-order valence-electron chi connectivity index (χ3n) is 5.25. The summed E-state index contributed by atoms with van der Waals surface area (Å²) in [6.45, 7) is 9.84. The highest BCUT2D eigenvalue weighted by atomic mass is 16.5. The molecule has 0 spiro atoms. The van der Waals surface area contributed by atoms with E-state index in [1.54, 1.807) is 0 Å². The van der Waals surface area contributed by atoms with Crippen molar-refractivity contribution in [3.63, 3.8) is 0 Å². The van der Waals surface area contributed by atoms with Crippen molar-refractivity contribution in [2.75, 3.05) is 59.2 Å². The predicted octanol–water partition coefficient (Wildman–Crippen LogP) is 2.43. The second kappa shape index (κ2) is 12.0. The zero-order chi connectivity index (χ0) is 19.4. The summed E-state index contributed by atoms with van der Waals surface area (Å²) in [6.07, 6.45) is 3.70. The number of guanidine groups is 1. The van der Waals surface area contributed by atoms with Crippen LogP contribution in [0.15, 0.2) is 35.3 Å². The van der Waals surface area contributed by atoms with Gasteiger partial charge in [0.1, 0.15) is 0 Å². The number of aliphatic imine (C=N–C) groups is 1. The summed E-state index contributed by atoms with van der Waals surface area (Å²) in [5.74, 6) is 1.72. The van der Waals surface area contributed by atoms with Gasteiger partial charge in [0.25, 0.3) is 0 Å². The summed E-state index contributed by atoms with van der Waals surface area (Å²) < 4.78 is 11.3. The molecule has 2 aliphatic rings. The van der Waals surface area contributed by atoms with E-state index in [1.807, 2.05) is 0 Å². The van der Waals surface area contributed by atoms with Crippen molar-refractivity contribution in [1.82, 2.24) is 15.5 Å². The molecule has 1 saturated carbocycles. The van der Waals surface area contributed by atoms with Gasteiger partial charge in [-0.05, 0) is 37.7 Å². The van der Waals surface area contributed by atoms with Gasteiger partial charge < -0.3 is 20.1 Å². The number of benzene rings is 1. The van der Waals surface area contributed by atoms with Crippen molar-refractivity contribution >= 4 is 5.96 Å². The third-order valence-corrected chi connectivity index (χ3v) is 5.25. The molecule has 0 bridgehead atoms. The second-order valence-corrected chi connectivity index (χ2v) is 7.59. The van der Waals surface area contributed by atoms with Gasteiger partial charge in [0.05, 0.1) is 25.8 Å². The average molecular weight is 389 g/mol. The van der Waals surface area contributed by atoms with Crippen LogP contribution in [0.4, 0.5) is 0 Å². The number of nitrogens with zero attached hydrogens (tertiary/aromatic N) is 2. The Balaban J connectivity index is 1.51. The summed E-state index contributed by atoms with van der Waals surface area (Å²) >= 11 is 0. The molecule has 0 amide bonds. The van der Waals surface area contributed by atoms with Crippen LogP contribution in [0.3, 0.4) is 0 Å². The highest BCUT2D eigenvalue weighted by Crippen LogP contribution is 2.28. The molecule has 1 aliphatic carbocycles. The first-order valence-corrected chi connectivity index (χ1v) is 10.8. The van der Waals surface area contributed by atoms with Crippen molar-refractivity contribution in [3.8, 4) is 0 Å². The topological polar surface area (TPSA) is 58.1 Å². The van der Waals surface area contributed by atoms with E-state index in [0.717, 1.165) is 77.4 Å². The first kappa shape index (κ1) is 21.1. The van der Waals surface area contributed by atoms with Crippen LogP contribution in [0, 0.1) is 5.92 Å². The molecule has 0 aromatic heterocycles. The quantitative estimate of drug-likeness (QED) is 0.346. The number of hydrogen-bond donors (Lipinski definition) is 2. The maximum atomic E-state index is 5.72. The maximum absolute atomic E-state index is 5.72. The SMILES string of the molecule is CCNC(=NCC(c1ccccc1)N1CCOCC1)NCCCOCC1CC1. The Morgan fingerprint density at radius 2 is 2.00 bits per heavy atom. The fourth-order valence-corrected chi connectivity index (χ4v) is 3.43. The van der Waals surface area contributed by atoms with Crippen LogP contribution in [0.2, 0.25) is 0 Å². The van der Waals surface area contributed by atoms with Gasteiger partial charge in [-0.3, -0.25) is 9.89 Å². The van der Waals surface area contributed by atoms with Crippen molar-refractivity contribution in [3.05, 3.63) is 35.9 Å². The fourth-order valence-electron chi connectivity index (χ4n) is 3.43. The number of morpholine rings is 1. The molecule has 1 heterocycles. The summed E-state index contributed by atoms with van der Waals surface area (Å²) in [5.41, 5.74) is 1.32. The maximum Gasteiger partial charge on any atom is 0.191 e. The van der Waals surface area contributed by atoms with Gasteiger partial charge in [0, 0.05) is 39.4 Å². The van der Waals surface area contributed by atoms with E-state index in [-0.39, 0.29) is 6.04 Å². The van der Waals surface area contributed by atoms with Gasteiger partial charge in [-0.15, -0.1) is 0 Å². The van der Waals surface area contributed by atoms with Crippen LogP contribution in [-0.4, -0.2) is 70.0 Å². The van der Waals surface area contributed by atoms with Gasteiger partial charge in [-0.2, -0.15) is 0 Å². The van der Waals surface area contributed by atoms with Gasteiger partial charge in [0.2, 0.25) is 0 Å². The summed E-state index contributed by atoms with van der Waals surface area (Å²) in [7, 11) is 0. The standard InChI is InChI=1S/C22H36N4O2/c1-2-23-22(24-11-6-14-28-18-19-9-10-19)25-17-21(20-7-4-3-5-8-20)26-12-15-27-16-13-26/h3-5,7-8,19,21H,2,6,9-18H2,1H3,(H2,23,24,25). The smallest absolute Gasteiger partial charge is 0.191 e. The molecule has 1 aromatic rings. The molecule has 1 unspecified atom stereocenters. The molecule has 1 atom stereocenters. The molecule has 1 aliphatic heterocycles. The van der Waals surface area contributed by atoms with Crippen LogP contribution in [-0.2, 0) is 9.47 Å². The van der Waals surface area contributed by atoms with Crippen molar-refractivity contribution in [2.24, 2.45) is 10.9 Å². The van der Waals surface area contributed by atoms with E-state index in [2.05, 4.69) is 52.8 Å². The number of hydrogen-bond acceptors (Lipinski definition) is 4.